The summed E-state index contributed by atoms with van der Waals surface area (Å²) in [4.78, 5) is 25.8. The minimum Gasteiger partial charge on any atom is -0.477 e. The zero-order chi connectivity index (χ0) is 20.4. The number of carboxylic acid groups (broad SMARTS) is 1. The van der Waals surface area contributed by atoms with Crippen LogP contribution in [0, 0.1) is 29.4 Å². The molecule has 1 aromatic carbocycles. The fraction of sp³-hybridized carbons (Fsp3) is 0.455. The van der Waals surface area contributed by atoms with Crippen LogP contribution in [0.4, 0.5) is 14.5 Å². The molecule has 2 aliphatic carbocycles. The van der Waals surface area contributed by atoms with E-state index < -0.39 is 28.6 Å². The molecule has 2 unspecified atom stereocenters. The molecule has 5 nitrogen and oxygen atoms in total. The molecule has 5 rings (SSSR count). The van der Waals surface area contributed by atoms with E-state index in [0.29, 0.717) is 24.9 Å². The average Bonchev–Trinajstić information content (AvgIpc) is 3.42. The molecule has 2 fully saturated rings. The van der Waals surface area contributed by atoms with E-state index in [2.05, 4.69) is 19.1 Å². The molecule has 1 N–H and O–H groups in total. The predicted molar refractivity (Wildman–Crippen MR) is 105 cm³/mol. The quantitative estimate of drug-likeness (QED) is 0.793. The summed E-state index contributed by atoms with van der Waals surface area (Å²) in [5.74, 6) is -1.92. The maximum atomic E-state index is 15.7. The number of hydrogen-bond donors (Lipinski definition) is 1. The van der Waals surface area contributed by atoms with Gasteiger partial charge in [-0.15, -0.1) is 0 Å². The minimum absolute atomic E-state index is 0.0114. The molecule has 0 bridgehead atoms. The Morgan fingerprint density at radius 2 is 2.00 bits per heavy atom. The van der Waals surface area contributed by atoms with Crippen LogP contribution < -0.4 is 10.3 Å². The lowest BCUT2D eigenvalue weighted by molar-refractivity contribution is 0.0695. The first-order valence-electron chi connectivity index (χ1n) is 10.1. The molecule has 0 amide bonds. The van der Waals surface area contributed by atoms with Crippen molar-refractivity contribution in [1.29, 1.82) is 0 Å². The lowest BCUT2D eigenvalue weighted by Gasteiger charge is -2.25. The van der Waals surface area contributed by atoms with Gasteiger partial charge < -0.3 is 14.6 Å². The number of nitrogens with zero attached hydrogens (tertiary/aromatic N) is 2. The Balaban J connectivity index is 1.70. The van der Waals surface area contributed by atoms with Gasteiger partial charge in [0.2, 0.25) is 5.43 Å². The Hall–Kier alpha value is -2.70. The van der Waals surface area contributed by atoms with E-state index in [4.69, 9.17) is 0 Å². The molecular weight excluding hydrogens is 378 g/mol. The Morgan fingerprint density at radius 3 is 2.66 bits per heavy atom. The number of fused-ring (bicyclic) bond motifs is 2. The first-order valence-corrected chi connectivity index (χ1v) is 10.1. The monoisotopic (exact) mass is 400 g/mol. The number of benzene rings is 1. The minimum atomic E-state index is -1.39. The van der Waals surface area contributed by atoms with Crippen LogP contribution in [-0.4, -0.2) is 28.7 Å². The summed E-state index contributed by atoms with van der Waals surface area (Å²) in [5, 5.41) is 9.14. The molecular formula is C22H22F2N2O3. The highest BCUT2D eigenvalue weighted by Gasteiger charge is 2.39. The van der Waals surface area contributed by atoms with Gasteiger partial charge in [-0.1, -0.05) is 19.1 Å². The second-order valence-electron chi connectivity index (χ2n) is 8.61. The van der Waals surface area contributed by atoms with Gasteiger partial charge in [-0.25, -0.2) is 13.6 Å². The molecule has 0 radical (unpaired) electrons. The lowest BCUT2D eigenvalue weighted by Crippen LogP contribution is -2.26. The Labute approximate surface area is 166 Å². The largest absolute Gasteiger partial charge is 0.477 e. The maximum Gasteiger partial charge on any atom is 0.341 e. The summed E-state index contributed by atoms with van der Waals surface area (Å²) in [6, 6.07) is 0.955. The summed E-state index contributed by atoms with van der Waals surface area (Å²) < 4.78 is 32.3. The van der Waals surface area contributed by atoms with Gasteiger partial charge in [0, 0.05) is 25.3 Å². The van der Waals surface area contributed by atoms with Gasteiger partial charge in [-0.05, 0) is 43.1 Å². The summed E-state index contributed by atoms with van der Waals surface area (Å²) in [5.41, 5.74) is -1.40. The van der Waals surface area contributed by atoms with Gasteiger partial charge in [0.25, 0.3) is 0 Å². The van der Waals surface area contributed by atoms with Crippen LogP contribution in [0.1, 0.15) is 42.6 Å². The molecule has 2 aromatic rings. The van der Waals surface area contributed by atoms with Gasteiger partial charge in [-0.3, -0.25) is 4.79 Å². The van der Waals surface area contributed by atoms with Crippen LogP contribution in [0.3, 0.4) is 0 Å². The molecule has 1 aromatic heterocycles. The van der Waals surface area contributed by atoms with Crippen LogP contribution in [0.2, 0.25) is 0 Å². The maximum absolute atomic E-state index is 15.7. The summed E-state index contributed by atoms with van der Waals surface area (Å²) in [6.07, 6.45) is 8.01. The molecule has 2 heterocycles. The van der Waals surface area contributed by atoms with E-state index in [1.165, 1.54) is 10.8 Å². The van der Waals surface area contributed by atoms with E-state index in [1.807, 2.05) is 0 Å². The van der Waals surface area contributed by atoms with Crippen LogP contribution in [0.25, 0.3) is 10.9 Å². The number of pyridine rings is 1. The molecule has 7 heteroatoms. The highest BCUT2D eigenvalue weighted by Crippen LogP contribution is 2.42. The molecule has 3 aliphatic rings. The number of carboxylic acids is 1. The number of hydrogen-bond acceptors (Lipinski definition) is 3. The second kappa shape index (κ2) is 6.40. The van der Waals surface area contributed by atoms with Crippen molar-refractivity contribution in [2.24, 2.45) is 17.8 Å². The first-order chi connectivity index (χ1) is 13.9. The van der Waals surface area contributed by atoms with Gasteiger partial charge in [-0.2, -0.15) is 0 Å². The van der Waals surface area contributed by atoms with Crippen LogP contribution in [0.5, 0.6) is 0 Å². The van der Waals surface area contributed by atoms with Crippen molar-refractivity contribution in [3.8, 4) is 0 Å². The van der Waals surface area contributed by atoms with Crippen molar-refractivity contribution >= 4 is 22.6 Å². The van der Waals surface area contributed by atoms with Crippen LogP contribution >= 0.6 is 0 Å². The average molecular weight is 400 g/mol. The number of aromatic nitrogens is 1. The standard InChI is InChI=1S/C22H22F2N2O3/c1-11-3-2-4-12-8-25(9-15(11)12)20-17(23)7-14-19(18(20)24)26(13-5-6-13)10-16(21(14)27)22(28)29/h2,4,7,10-13,15H,3,5-6,8-9H2,1H3,(H,28,29)/t11-,12?,15?/m1/s1. The number of carbonyl (C=O) groups is 1. The highest BCUT2D eigenvalue weighted by molar-refractivity contribution is 5.94. The van der Waals surface area contributed by atoms with Gasteiger partial charge in [0.15, 0.2) is 5.82 Å². The van der Waals surface area contributed by atoms with Crippen molar-refractivity contribution in [3.05, 3.63) is 51.8 Å². The van der Waals surface area contributed by atoms with E-state index in [9.17, 15) is 14.7 Å². The zero-order valence-electron chi connectivity index (χ0n) is 16.1. The number of anilines is 1. The molecule has 1 saturated heterocycles. The fourth-order valence-corrected chi connectivity index (χ4v) is 5.00. The number of halogens is 2. The smallest absolute Gasteiger partial charge is 0.341 e. The van der Waals surface area contributed by atoms with E-state index in [1.54, 1.807) is 4.90 Å². The Kier molecular flexibility index (Phi) is 4.05. The lowest BCUT2D eigenvalue weighted by atomic mass is 9.79. The fourth-order valence-electron chi connectivity index (χ4n) is 5.00. The van der Waals surface area contributed by atoms with Crippen LogP contribution in [0.15, 0.2) is 29.2 Å². The highest BCUT2D eigenvalue weighted by atomic mass is 19.1. The first kappa shape index (κ1) is 18.3. The van der Waals surface area contributed by atoms with E-state index in [-0.39, 0.29) is 28.6 Å². The van der Waals surface area contributed by atoms with E-state index in [0.717, 1.165) is 25.3 Å². The van der Waals surface area contributed by atoms with Crippen molar-refractivity contribution in [2.75, 3.05) is 18.0 Å². The molecule has 3 atom stereocenters. The number of aromatic carboxylic acids is 1. The SMILES string of the molecule is C[C@@H]1CC=CC2CN(c3c(F)cc4c(=O)c(C(=O)O)cn(C5CC5)c4c3F)CC21. The van der Waals surface area contributed by atoms with Crippen LogP contribution in [-0.2, 0) is 0 Å². The van der Waals surface area contributed by atoms with Crippen molar-refractivity contribution in [3.63, 3.8) is 0 Å². The summed E-state index contributed by atoms with van der Waals surface area (Å²) in [7, 11) is 0. The summed E-state index contributed by atoms with van der Waals surface area (Å²) >= 11 is 0. The molecule has 29 heavy (non-hydrogen) atoms. The number of allylic oxidation sites excluding steroid dienone is 1. The molecule has 0 spiro atoms. The third-order valence-corrected chi connectivity index (χ3v) is 6.71. The van der Waals surface area contributed by atoms with Gasteiger partial charge >= 0.3 is 5.97 Å². The molecule has 1 saturated carbocycles. The normalized spacial score (nSPS) is 26.2. The predicted octanol–water partition coefficient (Wildman–Crippen LogP) is 3.96. The topological polar surface area (TPSA) is 62.5 Å². The molecule has 152 valence electrons. The van der Waals surface area contributed by atoms with Gasteiger partial charge in [0.1, 0.15) is 17.1 Å². The molecule has 1 aliphatic heterocycles. The second-order valence-corrected chi connectivity index (χ2v) is 8.61. The third kappa shape index (κ3) is 2.78. The van der Waals surface area contributed by atoms with Gasteiger partial charge in [0.05, 0.1) is 10.9 Å². The van der Waals surface area contributed by atoms with Crippen molar-refractivity contribution in [1.82, 2.24) is 4.57 Å². The Bertz CT molecular complexity index is 1120. The summed E-state index contributed by atoms with van der Waals surface area (Å²) in [6.45, 7) is 3.26. The van der Waals surface area contributed by atoms with E-state index >= 15 is 8.78 Å². The zero-order valence-corrected chi connectivity index (χ0v) is 16.1. The van der Waals surface area contributed by atoms with Crippen molar-refractivity contribution in [2.45, 2.75) is 32.2 Å². The van der Waals surface area contributed by atoms with Crippen molar-refractivity contribution < 1.29 is 18.7 Å². The third-order valence-electron chi connectivity index (χ3n) is 6.71. The Morgan fingerprint density at radius 1 is 1.24 bits per heavy atom. The number of rotatable bonds is 3.